The molecule has 5 aromatic rings. The standard InChI is InChI=1S/C24H16F4N6S/c1-29-22(35)17-5-4-14(10-19(17)25)20-12-32-23-31-11-16(34(23)33-20)8-13-7-15-3-2-6-30-21(15)18(9-13)24(26,27)28/h2-7,9-12H,8H2,1H3,(H,29,35). The zero-order chi connectivity index (χ0) is 24.7. The number of aromatic nitrogens is 5. The third-order valence-corrected chi connectivity index (χ3v) is 5.92. The molecule has 35 heavy (non-hydrogen) atoms. The molecule has 0 bridgehead atoms. The SMILES string of the molecule is CNC(=S)c1ccc(-c2cnc3ncc(Cc4cc(C(F)(F)F)c5ncccc5c4)n3n2)cc1F. The number of benzene rings is 2. The molecule has 3 aromatic heterocycles. The van der Waals surface area contributed by atoms with Crippen LogP contribution in [0.15, 0.2) is 61.1 Å². The Morgan fingerprint density at radius 1 is 1.06 bits per heavy atom. The van der Waals surface area contributed by atoms with Gasteiger partial charge in [-0.05, 0) is 35.9 Å². The van der Waals surface area contributed by atoms with Gasteiger partial charge in [0.25, 0.3) is 5.78 Å². The van der Waals surface area contributed by atoms with Gasteiger partial charge in [0.1, 0.15) is 16.5 Å². The van der Waals surface area contributed by atoms with Gasteiger partial charge in [0, 0.05) is 36.2 Å². The minimum atomic E-state index is -4.55. The first kappa shape index (κ1) is 22.8. The van der Waals surface area contributed by atoms with Crippen LogP contribution in [0.25, 0.3) is 27.9 Å². The van der Waals surface area contributed by atoms with Crippen molar-refractivity contribution in [2.75, 3.05) is 7.05 Å². The molecule has 0 radical (unpaired) electrons. The number of pyridine rings is 1. The minimum absolute atomic E-state index is 0.104. The van der Waals surface area contributed by atoms with Gasteiger partial charge in [-0.25, -0.2) is 18.9 Å². The number of halogens is 4. The van der Waals surface area contributed by atoms with Crippen LogP contribution in [0, 0.1) is 5.82 Å². The summed E-state index contributed by atoms with van der Waals surface area (Å²) < 4.78 is 57.1. The van der Waals surface area contributed by atoms with Gasteiger partial charge < -0.3 is 5.32 Å². The molecule has 3 heterocycles. The summed E-state index contributed by atoms with van der Waals surface area (Å²) in [6.45, 7) is 0. The van der Waals surface area contributed by atoms with Crippen LogP contribution in [0.5, 0.6) is 0 Å². The molecule has 0 amide bonds. The molecule has 0 aliphatic heterocycles. The maximum Gasteiger partial charge on any atom is 0.418 e. The molecule has 0 spiro atoms. The van der Waals surface area contributed by atoms with Crippen LogP contribution >= 0.6 is 12.2 Å². The van der Waals surface area contributed by atoms with E-state index in [1.807, 2.05) is 0 Å². The molecule has 176 valence electrons. The van der Waals surface area contributed by atoms with Gasteiger partial charge in [0.05, 0.1) is 29.2 Å². The minimum Gasteiger partial charge on any atom is -0.379 e. The van der Waals surface area contributed by atoms with E-state index in [4.69, 9.17) is 12.2 Å². The van der Waals surface area contributed by atoms with Crippen LogP contribution in [0.2, 0.25) is 0 Å². The third-order valence-electron chi connectivity index (χ3n) is 5.49. The Labute approximate surface area is 201 Å². The average Bonchev–Trinajstić information content (AvgIpc) is 3.24. The number of rotatable bonds is 4. The highest BCUT2D eigenvalue weighted by molar-refractivity contribution is 7.80. The van der Waals surface area contributed by atoms with Crippen molar-refractivity contribution in [1.82, 2.24) is 29.9 Å². The summed E-state index contributed by atoms with van der Waals surface area (Å²) in [6, 6.07) is 10.4. The monoisotopic (exact) mass is 496 g/mol. The number of imidazole rings is 1. The number of nitrogens with one attached hydrogen (secondary N) is 1. The molecule has 0 atom stereocenters. The molecule has 0 aliphatic rings. The molecule has 6 nitrogen and oxygen atoms in total. The highest BCUT2D eigenvalue weighted by atomic mass is 32.1. The van der Waals surface area contributed by atoms with Crippen LogP contribution in [0.3, 0.4) is 0 Å². The molecule has 0 saturated heterocycles. The number of nitrogens with zero attached hydrogens (tertiary/aromatic N) is 5. The Morgan fingerprint density at radius 3 is 2.60 bits per heavy atom. The molecule has 0 fully saturated rings. The summed E-state index contributed by atoms with van der Waals surface area (Å²) in [6.07, 6.45) is -0.131. The first-order valence-electron chi connectivity index (χ1n) is 10.4. The van der Waals surface area contributed by atoms with Crippen LogP contribution in [-0.4, -0.2) is 36.6 Å². The summed E-state index contributed by atoms with van der Waals surface area (Å²) in [4.78, 5) is 12.7. The lowest BCUT2D eigenvalue weighted by atomic mass is 10.0. The number of fused-ring (bicyclic) bond motifs is 2. The predicted molar refractivity (Wildman–Crippen MR) is 126 cm³/mol. The largest absolute Gasteiger partial charge is 0.418 e. The summed E-state index contributed by atoms with van der Waals surface area (Å²) in [7, 11) is 1.61. The fraction of sp³-hybridized carbons (Fsp3) is 0.125. The second kappa shape index (κ2) is 8.66. The van der Waals surface area contributed by atoms with Crippen LogP contribution < -0.4 is 5.32 Å². The van der Waals surface area contributed by atoms with E-state index in [1.165, 1.54) is 29.2 Å². The van der Waals surface area contributed by atoms with Crippen molar-refractivity contribution < 1.29 is 17.6 Å². The highest BCUT2D eigenvalue weighted by Gasteiger charge is 2.33. The first-order chi connectivity index (χ1) is 16.7. The van der Waals surface area contributed by atoms with E-state index >= 15 is 0 Å². The van der Waals surface area contributed by atoms with Gasteiger partial charge in [-0.3, -0.25) is 4.98 Å². The summed E-state index contributed by atoms with van der Waals surface area (Å²) in [5.74, 6) is -0.241. The van der Waals surface area contributed by atoms with Crippen LogP contribution in [0.1, 0.15) is 22.4 Å². The molecule has 0 aliphatic carbocycles. The zero-order valence-electron chi connectivity index (χ0n) is 18.1. The summed E-state index contributed by atoms with van der Waals surface area (Å²) >= 11 is 5.10. The van der Waals surface area contributed by atoms with Crippen molar-refractivity contribution in [2.24, 2.45) is 0 Å². The van der Waals surface area contributed by atoms with E-state index in [0.717, 1.165) is 6.07 Å². The lowest BCUT2D eigenvalue weighted by Crippen LogP contribution is -2.17. The summed E-state index contributed by atoms with van der Waals surface area (Å²) in [5.41, 5.74) is 1.14. The lowest BCUT2D eigenvalue weighted by Gasteiger charge is -2.12. The van der Waals surface area contributed by atoms with Crippen molar-refractivity contribution in [3.05, 3.63) is 89.3 Å². The normalized spacial score (nSPS) is 11.8. The van der Waals surface area contributed by atoms with E-state index in [0.29, 0.717) is 27.9 Å². The Hall–Kier alpha value is -3.99. The molecule has 1 N–H and O–H groups in total. The number of thiocarbonyl (C=S) groups is 1. The second-order valence-electron chi connectivity index (χ2n) is 7.77. The number of alkyl halides is 3. The molecule has 0 unspecified atom stereocenters. The molecular weight excluding hydrogens is 480 g/mol. The van der Waals surface area contributed by atoms with Gasteiger partial charge >= 0.3 is 6.18 Å². The Kier molecular flexibility index (Phi) is 5.64. The van der Waals surface area contributed by atoms with Gasteiger partial charge in [-0.1, -0.05) is 24.4 Å². The smallest absolute Gasteiger partial charge is 0.379 e. The van der Waals surface area contributed by atoms with Crippen LogP contribution in [0.4, 0.5) is 17.6 Å². The lowest BCUT2D eigenvalue weighted by molar-refractivity contribution is -0.136. The van der Waals surface area contributed by atoms with Crippen molar-refractivity contribution in [3.63, 3.8) is 0 Å². The zero-order valence-corrected chi connectivity index (χ0v) is 19.0. The summed E-state index contributed by atoms with van der Waals surface area (Å²) in [5, 5.41) is 7.63. The molecule has 2 aromatic carbocycles. The van der Waals surface area contributed by atoms with Crippen molar-refractivity contribution >= 4 is 33.9 Å². The molecule has 0 saturated carbocycles. The highest BCUT2D eigenvalue weighted by Crippen LogP contribution is 2.35. The average molecular weight is 496 g/mol. The van der Waals surface area contributed by atoms with E-state index in [9.17, 15) is 17.6 Å². The number of hydrogen-bond acceptors (Lipinski definition) is 5. The third kappa shape index (κ3) is 4.30. The molecular formula is C24H16F4N6S. The fourth-order valence-electron chi connectivity index (χ4n) is 3.85. The van der Waals surface area contributed by atoms with Gasteiger partial charge in [0.2, 0.25) is 0 Å². The Balaban J connectivity index is 1.55. The second-order valence-corrected chi connectivity index (χ2v) is 8.18. The van der Waals surface area contributed by atoms with E-state index in [1.54, 1.807) is 37.4 Å². The van der Waals surface area contributed by atoms with E-state index in [-0.39, 0.29) is 28.3 Å². The molecule has 11 heteroatoms. The van der Waals surface area contributed by atoms with Gasteiger partial charge in [-0.15, -0.1) is 0 Å². The number of hydrogen-bond donors (Lipinski definition) is 1. The van der Waals surface area contributed by atoms with Crippen molar-refractivity contribution in [1.29, 1.82) is 0 Å². The Bertz CT molecular complexity index is 1590. The Morgan fingerprint density at radius 2 is 1.86 bits per heavy atom. The fourth-order valence-corrected chi connectivity index (χ4v) is 4.01. The maximum absolute atomic E-state index is 14.6. The van der Waals surface area contributed by atoms with Crippen molar-refractivity contribution in [2.45, 2.75) is 12.6 Å². The van der Waals surface area contributed by atoms with Crippen LogP contribution in [-0.2, 0) is 12.6 Å². The first-order valence-corrected chi connectivity index (χ1v) is 10.8. The predicted octanol–water partition coefficient (Wildman–Crippen LogP) is 4.98. The van der Waals surface area contributed by atoms with E-state index < -0.39 is 17.6 Å². The molecule has 5 rings (SSSR count). The topological polar surface area (TPSA) is 68.0 Å². The van der Waals surface area contributed by atoms with Gasteiger partial charge in [0.15, 0.2) is 0 Å². The van der Waals surface area contributed by atoms with E-state index in [2.05, 4.69) is 25.4 Å². The maximum atomic E-state index is 14.6. The van der Waals surface area contributed by atoms with Crippen molar-refractivity contribution in [3.8, 4) is 11.3 Å². The van der Waals surface area contributed by atoms with Gasteiger partial charge in [-0.2, -0.15) is 18.3 Å². The quantitative estimate of drug-likeness (QED) is 0.280.